The second-order valence-electron chi connectivity index (χ2n) is 11.9. The molecule has 2 aromatic heterocycles. The van der Waals surface area contributed by atoms with Crippen LogP contribution in [-0.4, -0.2) is 57.6 Å². The van der Waals surface area contributed by atoms with Crippen molar-refractivity contribution in [2.45, 2.75) is 51.5 Å². The van der Waals surface area contributed by atoms with E-state index in [0.717, 1.165) is 58.4 Å². The summed E-state index contributed by atoms with van der Waals surface area (Å²) >= 11 is 0. The molecule has 1 aromatic carbocycles. The summed E-state index contributed by atoms with van der Waals surface area (Å²) in [5.41, 5.74) is 2.49. The number of carbonyl (C=O) groups is 1. The van der Waals surface area contributed by atoms with E-state index in [9.17, 15) is 13.6 Å². The van der Waals surface area contributed by atoms with E-state index in [0.29, 0.717) is 24.3 Å². The molecule has 4 bridgehead atoms. The summed E-state index contributed by atoms with van der Waals surface area (Å²) in [4.78, 5) is 21.8. The Labute approximate surface area is 215 Å². The number of alkyl halides is 2. The summed E-state index contributed by atoms with van der Waals surface area (Å²) in [5.74, 6) is 3.50. The molecule has 1 saturated heterocycles. The van der Waals surface area contributed by atoms with Crippen molar-refractivity contribution in [3.8, 4) is 11.3 Å². The molecule has 4 aliphatic carbocycles. The number of nitrogens with one attached hydrogen (secondary N) is 1. The van der Waals surface area contributed by atoms with Gasteiger partial charge in [-0.15, -0.1) is 0 Å². The van der Waals surface area contributed by atoms with Crippen molar-refractivity contribution in [2.24, 2.45) is 23.7 Å². The molecule has 1 aliphatic heterocycles. The van der Waals surface area contributed by atoms with E-state index >= 15 is 0 Å². The molecule has 8 heteroatoms. The van der Waals surface area contributed by atoms with E-state index < -0.39 is 6.43 Å². The van der Waals surface area contributed by atoms with Crippen molar-refractivity contribution in [1.29, 1.82) is 0 Å². The quantitative estimate of drug-likeness (QED) is 0.586. The fraction of sp³-hybridized carbons (Fsp3) is 0.552. The zero-order valence-corrected chi connectivity index (χ0v) is 21.2. The standard InChI is InChI=1S/C29H33F2N5O/c1-17-2-4-20(5-3-17)24-15-25(27(30)31)36-28(33-24)23(16-32-36)29(37)35-8-6-34(7-9-35)26-21-11-18-10-19(13-21)14-22(26)12-18/h2-5,15-16,18-19,21-22,26-27H,6-14H2,1H3/p+1. The molecule has 194 valence electrons. The van der Waals surface area contributed by atoms with Crippen LogP contribution in [0.3, 0.4) is 0 Å². The van der Waals surface area contributed by atoms with Crippen molar-refractivity contribution in [2.75, 3.05) is 26.2 Å². The third-order valence-corrected chi connectivity index (χ3v) is 9.69. The first-order valence-electron chi connectivity index (χ1n) is 13.8. The van der Waals surface area contributed by atoms with E-state index in [2.05, 4.69) is 10.1 Å². The van der Waals surface area contributed by atoms with E-state index in [-0.39, 0.29) is 17.2 Å². The van der Waals surface area contributed by atoms with Crippen LogP contribution < -0.4 is 4.90 Å². The molecule has 0 radical (unpaired) electrons. The molecule has 5 aliphatic rings. The highest BCUT2D eigenvalue weighted by molar-refractivity contribution is 6.00. The van der Waals surface area contributed by atoms with Crippen molar-refractivity contribution in [3.63, 3.8) is 0 Å². The largest absolute Gasteiger partial charge is 0.329 e. The molecule has 4 saturated carbocycles. The number of amides is 1. The molecule has 1 N–H and O–H groups in total. The first-order chi connectivity index (χ1) is 17.9. The average Bonchev–Trinajstić information content (AvgIpc) is 3.32. The third kappa shape index (κ3) is 3.95. The third-order valence-electron chi connectivity index (χ3n) is 9.69. The highest BCUT2D eigenvalue weighted by Crippen LogP contribution is 2.53. The van der Waals surface area contributed by atoms with Crippen molar-refractivity contribution in [3.05, 3.63) is 53.3 Å². The van der Waals surface area contributed by atoms with E-state index in [1.807, 2.05) is 36.1 Å². The van der Waals surface area contributed by atoms with Gasteiger partial charge in [-0.1, -0.05) is 29.8 Å². The number of halogens is 2. The molecule has 3 aromatic rings. The number of hydrogen-bond donors (Lipinski definition) is 1. The Kier molecular flexibility index (Phi) is 5.57. The van der Waals surface area contributed by atoms with Crippen LogP contribution in [0.4, 0.5) is 8.78 Å². The number of benzene rings is 1. The Bertz CT molecular complexity index is 1300. The van der Waals surface area contributed by atoms with Gasteiger partial charge in [0.2, 0.25) is 0 Å². The van der Waals surface area contributed by atoms with Crippen molar-refractivity contribution >= 4 is 11.6 Å². The number of nitrogens with zero attached hydrogens (tertiary/aromatic N) is 4. The Balaban J connectivity index is 1.13. The smallest absolute Gasteiger partial charge is 0.280 e. The lowest BCUT2D eigenvalue weighted by molar-refractivity contribution is -0.939. The summed E-state index contributed by atoms with van der Waals surface area (Å²) in [5, 5.41) is 4.16. The van der Waals surface area contributed by atoms with Gasteiger partial charge in [0.25, 0.3) is 12.3 Å². The number of fused-ring (bicyclic) bond motifs is 1. The molecule has 1 amide bonds. The topological polar surface area (TPSA) is 54.9 Å². The highest BCUT2D eigenvalue weighted by Gasteiger charge is 2.52. The fourth-order valence-electron chi connectivity index (χ4n) is 8.26. The Hall–Kier alpha value is -2.87. The minimum atomic E-state index is -2.73. The predicted octanol–water partition coefficient (Wildman–Crippen LogP) is 3.81. The number of piperazine rings is 1. The lowest BCUT2D eigenvalue weighted by atomic mass is 9.54. The summed E-state index contributed by atoms with van der Waals surface area (Å²) in [7, 11) is 0. The molecular weight excluding hydrogens is 472 g/mol. The van der Waals surface area contributed by atoms with Crippen LogP contribution in [0.5, 0.6) is 0 Å². The van der Waals surface area contributed by atoms with Gasteiger partial charge in [0.1, 0.15) is 11.3 Å². The van der Waals surface area contributed by atoms with Gasteiger partial charge < -0.3 is 9.80 Å². The molecule has 5 fully saturated rings. The van der Waals surface area contributed by atoms with Crippen LogP contribution >= 0.6 is 0 Å². The molecular formula is C29H34F2N5O+. The van der Waals surface area contributed by atoms with Crippen LogP contribution in [0, 0.1) is 30.6 Å². The number of quaternary nitrogens is 1. The monoisotopic (exact) mass is 506 g/mol. The maximum absolute atomic E-state index is 14.0. The minimum absolute atomic E-state index is 0.159. The number of hydrogen-bond acceptors (Lipinski definition) is 3. The first-order valence-corrected chi connectivity index (χ1v) is 13.8. The first kappa shape index (κ1) is 23.3. The minimum Gasteiger partial charge on any atom is -0.329 e. The second kappa shape index (κ2) is 8.86. The summed E-state index contributed by atoms with van der Waals surface area (Å²) in [6.45, 7) is 5.27. The zero-order valence-electron chi connectivity index (χ0n) is 21.2. The number of aromatic nitrogens is 3. The van der Waals surface area contributed by atoms with E-state index in [1.165, 1.54) is 44.4 Å². The molecule has 0 unspecified atom stereocenters. The highest BCUT2D eigenvalue weighted by atomic mass is 19.3. The van der Waals surface area contributed by atoms with Crippen LogP contribution in [0.15, 0.2) is 36.5 Å². The fourth-order valence-corrected chi connectivity index (χ4v) is 8.26. The predicted molar refractivity (Wildman–Crippen MR) is 136 cm³/mol. The lowest BCUT2D eigenvalue weighted by Gasteiger charge is -2.56. The van der Waals surface area contributed by atoms with Gasteiger partial charge in [0, 0.05) is 17.4 Å². The summed E-state index contributed by atoms with van der Waals surface area (Å²) < 4.78 is 29.1. The maximum atomic E-state index is 14.0. The molecule has 8 rings (SSSR count). The van der Waals surface area contributed by atoms with E-state index in [1.54, 1.807) is 4.90 Å². The molecule has 0 atom stereocenters. The van der Waals surface area contributed by atoms with Crippen LogP contribution in [0.2, 0.25) is 0 Å². The summed E-state index contributed by atoms with van der Waals surface area (Å²) in [6, 6.07) is 9.72. The van der Waals surface area contributed by atoms with Gasteiger partial charge in [0.15, 0.2) is 5.65 Å². The van der Waals surface area contributed by atoms with Crippen molar-refractivity contribution < 1.29 is 18.5 Å². The number of aryl methyl sites for hydroxylation is 1. The SMILES string of the molecule is Cc1ccc(-c2cc(C(F)F)n3ncc(C(=O)N4CC[NH+](C5C6CC7CC(C6)CC5C7)CC4)c3n2)cc1. The van der Waals surface area contributed by atoms with Crippen molar-refractivity contribution in [1.82, 2.24) is 19.5 Å². The Morgan fingerprint density at radius 1 is 1.00 bits per heavy atom. The molecule has 0 spiro atoms. The maximum Gasteiger partial charge on any atom is 0.280 e. The number of carbonyl (C=O) groups excluding carboxylic acids is 1. The van der Waals surface area contributed by atoms with Gasteiger partial charge in [-0.25, -0.2) is 18.3 Å². The van der Waals surface area contributed by atoms with Crippen LogP contribution in [0.1, 0.15) is 60.1 Å². The van der Waals surface area contributed by atoms with Gasteiger partial charge in [-0.2, -0.15) is 5.10 Å². The van der Waals surface area contributed by atoms with Gasteiger partial charge in [-0.3, -0.25) is 4.79 Å². The van der Waals surface area contributed by atoms with Crippen LogP contribution in [0.25, 0.3) is 16.9 Å². The second-order valence-corrected chi connectivity index (χ2v) is 11.9. The molecule has 37 heavy (non-hydrogen) atoms. The normalized spacial score (nSPS) is 29.5. The summed E-state index contributed by atoms with van der Waals surface area (Å²) in [6.07, 6.45) is 5.78. The van der Waals surface area contributed by atoms with Gasteiger partial charge in [-0.05, 0) is 56.9 Å². The zero-order chi connectivity index (χ0) is 25.3. The number of rotatable bonds is 4. The Morgan fingerprint density at radius 3 is 2.27 bits per heavy atom. The Morgan fingerprint density at radius 2 is 1.65 bits per heavy atom. The lowest BCUT2D eigenvalue weighted by Crippen LogP contribution is -3.20. The molecule has 3 heterocycles. The molecule has 6 nitrogen and oxygen atoms in total. The van der Waals surface area contributed by atoms with Gasteiger partial charge in [0.05, 0.1) is 44.1 Å². The van der Waals surface area contributed by atoms with Gasteiger partial charge >= 0.3 is 0 Å². The van der Waals surface area contributed by atoms with E-state index in [4.69, 9.17) is 0 Å². The average molecular weight is 507 g/mol. The van der Waals surface area contributed by atoms with Crippen LogP contribution in [-0.2, 0) is 0 Å².